The molecule has 0 unspecified atom stereocenters. The minimum Gasteiger partial charge on any atom is -0.401 e. The molecule has 1 heterocycles. The van der Waals surface area contributed by atoms with Gasteiger partial charge in [0.05, 0.1) is 11.9 Å². The molecular formula is C7H8ClFN4. The standard InChI is InChI=1S/C7H8ClFN4/c1-3(10)5(11)6-4(9)2-12-7(8)13-6/h2H,10-11H2,1H3/b5-3-. The quantitative estimate of drug-likeness (QED) is 0.663. The molecule has 0 aromatic carbocycles. The van der Waals surface area contributed by atoms with Crippen LogP contribution in [0, 0.1) is 5.82 Å². The van der Waals surface area contributed by atoms with Gasteiger partial charge >= 0.3 is 0 Å². The van der Waals surface area contributed by atoms with Crippen molar-refractivity contribution in [3.8, 4) is 0 Å². The molecule has 4 N–H and O–H groups in total. The van der Waals surface area contributed by atoms with Gasteiger partial charge in [0.15, 0.2) is 5.82 Å². The normalized spacial score (nSPS) is 12.5. The van der Waals surface area contributed by atoms with Gasteiger partial charge in [-0.2, -0.15) is 0 Å². The molecule has 70 valence electrons. The van der Waals surface area contributed by atoms with Gasteiger partial charge in [-0.15, -0.1) is 0 Å². The molecule has 0 aliphatic heterocycles. The van der Waals surface area contributed by atoms with Gasteiger partial charge in [-0.1, -0.05) is 0 Å². The molecule has 0 amide bonds. The van der Waals surface area contributed by atoms with E-state index in [2.05, 4.69) is 9.97 Å². The van der Waals surface area contributed by atoms with Crippen LogP contribution >= 0.6 is 11.6 Å². The molecule has 0 spiro atoms. The lowest BCUT2D eigenvalue weighted by molar-refractivity contribution is 0.608. The van der Waals surface area contributed by atoms with Crippen molar-refractivity contribution in [2.24, 2.45) is 11.5 Å². The van der Waals surface area contributed by atoms with Crippen LogP contribution in [0.2, 0.25) is 5.28 Å². The van der Waals surface area contributed by atoms with Gasteiger partial charge in [-0.05, 0) is 18.5 Å². The van der Waals surface area contributed by atoms with Crippen molar-refractivity contribution in [2.75, 3.05) is 0 Å². The zero-order chi connectivity index (χ0) is 10.0. The average molecular weight is 203 g/mol. The van der Waals surface area contributed by atoms with Crippen molar-refractivity contribution in [1.82, 2.24) is 9.97 Å². The molecule has 13 heavy (non-hydrogen) atoms. The van der Waals surface area contributed by atoms with Crippen molar-refractivity contribution in [1.29, 1.82) is 0 Å². The summed E-state index contributed by atoms with van der Waals surface area (Å²) in [5.74, 6) is -0.647. The van der Waals surface area contributed by atoms with Crippen LogP contribution in [0.1, 0.15) is 12.6 Å². The summed E-state index contributed by atoms with van der Waals surface area (Å²) in [6.07, 6.45) is 0.945. The summed E-state index contributed by atoms with van der Waals surface area (Å²) in [5, 5.41) is -0.0689. The molecule has 1 aromatic rings. The first-order valence-corrected chi connectivity index (χ1v) is 3.80. The van der Waals surface area contributed by atoms with E-state index in [1.165, 1.54) is 0 Å². The van der Waals surface area contributed by atoms with E-state index in [0.29, 0.717) is 0 Å². The predicted molar refractivity (Wildman–Crippen MR) is 48.0 cm³/mol. The van der Waals surface area contributed by atoms with Gasteiger partial charge in [-0.25, -0.2) is 14.4 Å². The van der Waals surface area contributed by atoms with Crippen LogP contribution in [0.4, 0.5) is 4.39 Å². The fraction of sp³-hybridized carbons (Fsp3) is 0.143. The van der Waals surface area contributed by atoms with Gasteiger partial charge in [0.1, 0.15) is 5.69 Å². The van der Waals surface area contributed by atoms with E-state index in [0.717, 1.165) is 6.20 Å². The van der Waals surface area contributed by atoms with Gasteiger partial charge in [0, 0.05) is 5.70 Å². The largest absolute Gasteiger partial charge is 0.401 e. The maximum absolute atomic E-state index is 13.0. The molecule has 6 heteroatoms. The van der Waals surface area contributed by atoms with E-state index in [1.807, 2.05) is 0 Å². The van der Waals surface area contributed by atoms with Crippen molar-refractivity contribution >= 4 is 17.3 Å². The third kappa shape index (κ3) is 2.06. The molecule has 0 aliphatic carbocycles. The van der Waals surface area contributed by atoms with Gasteiger partial charge < -0.3 is 11.5 Å². The number of aromatic nitrogens is 2. The first kappa shape index (κ1) is 9.73. The molecule has 0 radical (unpaired) electrons. The Morgan fingerprint density at radius 2 is 2.15 bits per heavy atom. The molecule has 1 rings (SSSR count). The maximum atomic E-state index is 13.0. The second-order valence-electron chi connectivity index (χ2n) is 2.43. The first-order valence-electron chi connectivity index (χ1n) is 3.42. The van der Waals surface area contributed by atoms with Crippen LogP contribution < -0.4 is 11.5 Å². The Morgan fingerprint density at radius 3 is 2.69 bits per heavy atom. The Kier molecular flexibility index (Phi) is 2.67. The summed E-state index contributed by atoms with van der Waals surface area (Å²) in [4.78, 5) is 7.05. The molecule has 0 aliphatic rings. The van der Waals surface area contributed by atoms with Crippen molar-refractivity contribution in [3.05, 3.63) is 28.7 Å². The van der Waals surface area contributed by atoms with E-state index in [9.17, 15) is 4.39 Å². The van der Waals surface area contributed by atoms with E-state index >= 15 is 0 Å². The molecular weight excluding hydrogens is 195 g/mol. The van der Waals surface area contributed by atoms with Crippen LogP contribution in [-0.4, -0.2) is 9.97 Å². The Labute approximate surface area is 79.4 Å². The first-order chi connectivity index (χ1) is 6.02. The Morgan fingerprint density at radius 1 is 1.54 bits per heavy atom. The van der Waals surface area contributed by atoms with E-state index in [-0.39, 0.29) is 22.4 Å². The van der Waals surface area contributed by atoms with Crippen molar-refractivity contribution < 1.29 is 4.39 Å². The monoisotopic (exact) mass is 202 g/mol. The second kappa shape index (κ2) is 3.57. The fourth-order valence-electron chi connectivity index (χ4n) is 0.721. The summed E-state index contributed by atoms with van der Waals surface area (Å²) in [5.41, 5.74) is 11.1. The zero-order valence-electron chi connectivity index (χ0n) is 6.88. The second-order valence-corrected chi connectivity index (χ2v) is 2.77. The van der Waals surface area contributed by atoms with Crippen LogP contribution in [0.5, 0.6) is 0 Å². The van der Waals surface area contributed by atoms with Crippen LogP contribution in [-0.2, 0) is 0 Å². The van der Waals surface area contributed by atoms with Gasteiger partial charge in [-0.3, -0.25) is 0 Å². The highest BCUT2D eigenvalue weighted by molar-refractivity contribution is 6.28. The Balaban J connectivity index is 3.29. The molecule has 0 bridgehead atoms. The average Bonchev–Trinajstić information content (AvgIpc) is 2.08. The molecule has 0 saturated heterocycles. The highest BCUT2D eigenvalue weighted by atomic mass is 35.5. The Bertz CT molecular complexity index is 360. The summed E-state index contributed by atoms with van der Waals surface area (Å²) in [6, 6.07) is 0. The third-order valence-electron chi connectivity index (χ3n) is 1.39. The van der Waals surface area contributed by atoms with E-state index in [1.54, 1.807) is 6.92 Å². The number of allylic oxidation sites excluding steroid dienone is 1. The topological polar surface area (TPSA) is 77.8 Å². The third-order valence-corrected chi connectivity index (χ3v) is 1.58. The Hall–Kier alpha value is -1.36. The predicted octanol–water partition coefficient (Wildman–Crippen LogP) is 0.875. The smallest absolute Gasteiger partial charge is 0.223 e. The lowest BCUT2D eigenvalue weighted by atomic mass is 10.2. The number of rotatable bonds is 1. The van der Waals surface area contributed by atoms with Crippen LogP contribution in [0.15, 0.2) is 11.9 Å². The molecule has 0 atom stereocenters. The van der Waals surface area contributed by atoms with E-state index < -0.39 is 5.82 Å². The lowest BCUT2D eigenvalue weighted by Gasteiger charge is -2.03. The minimum absolute atomic E-state index is 0.0689. The summed E-state index contributed by atoms with van der Waals surface area (Å²) in [6.45, 7) is 1.55. The lowest BCUT2D eigenvalue weighted by Crippen LogP contribution is -2.10. The fourth-order valence-corrected chi connectivity index (χ4v) is 0.855. The van der Waals surface area contributed by atoms with Crippen molar-refractivity contribution in [2.45, 2.75) is 6.92 Å². The highest BCUT2D eigenvalue weighted by Gasteiger charge is 2.09. The minimum atomic E-state index is -0.647. The number of hydrogen-bond donors (Lipinski definition) is 2. The van der Waals surface area contributed by atoms with Gasteiger partial charge in [0.25, 0.3) is 0 Å². The van der Waals surface area contributed by atoms with Crippen LogP contribution in [0.25, 0.3) is 5.70 Å². The number of hydrogen-bond acceptors (Lipinski definition) is 4. The molecule has 1 aromatic heterocycles. The van der Waals surface area contributed by atoms with Gasteiger partial charge in [0.2, 0.25) is 5.28 Å². The zero-order valence-corrected chi connectivity index (χ0v) is 7.64. The molecule has 0 fully saturated rings. The van der Waals surface area contributed by atoms with Crippen molar-refractivity contribution in [3.63, 3.8) is 0 Å². The number of nitrogens with two attached hydrogens (primary N) is 2. The summed E-state index contributed by atoms with van der Waals surface area (Å²) >= 11 is 5.46. The van der Waals surface area contributed by atoms with E-state index in [4.69, 9.17) is 23.1 Å². The SMILES string of the molecule is C/C(N)=C(/N)c1nc(Cl)ncc1F. The summed E-state index contributed by atoms with van der Waals surface area (Å²) < 4.78 is 13.0. The number of nitrogens with zero attached hydrogens (tertiary/aromatic N) is 2. The van der Waals surface area contributed by atoms with Crippen LogP contribution in [0.3, 0.4) is 0 Å². The number of halogens is 2. The maximum Gasteiger partial charge on any atom is 0.223 e. The summed E-state index contributed by atoms with van der Waals surface area (Å²) in [7, 11) is 0. The molecule has 0 saturated carbocycles. The highest BCUT2D eigenvalue weighted by Crippen LogP contribution is 2.13. The molecule has 4 nitrogen and oxygen atoms in total.